The molecule has 0 aliphatic heterocycles. The molecule has 0 aromatic heterocycles. The highest BCUT2D eigenvalue weighted by Crippen LogP contribution is 2.24. The van der Waals surface area contributed by atoms with Gasteiger partial charge < -0.3 is 5.73 Å². The first kappa shape index (κ1) is 14.9. The van der Waals surface area contributed by atoms with Gasteiger partial charge in [-0.2, -0.15) is 0 Å². The lowest BCUT2D eigenvalue weighted by Gasteiger charge is -2.13. The van der Waals surface area contributed by atoms with E-state index in [0.29, 0.717) is 0 Å². The van der Waals surface area contributed by atoms with Crippen molar-refractivity contribution >= 4 is 28.3 Å². The van der Waals surface area contributed by atoms with Gasteiger partial charge in [-0.15, -0.1) is 12.4 Å². The van der Waals surface area contributed by atoms with Crippen LogP contribution in [0.25, 0.3) is 0 Å². The minimum atomic E-state index is 0. The first-order valence-corrected chi connectivity index (χ1v) is 6.05. The van der Waals surface area contributed by atoms with E-state index < -0.39 is 0 Å². The van der Waals surface area contributed by atoms with Gasteiger partial charge in [0.2, 0.25) is 0 Å². The third kappa shape index (κ3) is 5.01. The van der Waals surface area contributed by atoms with Crippen molar-refractivity contribution in [2.45, 2.75) is 38.6 Å². The lowest BCUT2D eigenvalue weighted by Crippen LogP contribution is -2.10. The van der Waals surface area contributed by atoms with Crippen LogP contribution in [0.1, 0.15) is 44.2 Å². The lowest BCUT2D eigenvalue weighted by atomic mass is 10.0. The summed E-state index contributed by atoms with van der Waals surface area (Å²) in [5.41, 5.74) is 7.33. The van der Waals surface area contributed by atoms with Crippen molar-refractivity contribution in [2.24, 2.45) is 5.73 Å². The summed E-state index contributed by atoms with van der Waals surface area (Å²) in [4.78, 5) is 0. The lowest BCUT2D eigenvalue weighted by molar-refractivity contribution is 0.580. The van der Waals surface area contributed by atoms with Crippen LogP contribution in [0, 0.1) is 0 Å². The Morgan fingerprint density at radius 2 is 1.93 bits per heavy atom. The second-order valence-electron chi connectivity index (χ2n) is 3.62. The van der Waals surface area contributed by atoms with E-state index in [0.717, 1.165) is 10.9 Å². The molecule has 86 valence electrons. The Morgan fingerprint density at radius 1 is 1.27 bits per heavy atom. The minimum Gasteiger partial charge on any atom is -0.324 e. The molecule has 0 aliphatic rings. The number of hydrogen-bond acceptors (Lipinski definition) is 1. The van der Waals surface area contributed by atoms with Gasteiger partial charge in [-0.25, -0.2) is 0 Å². The van der Waals surface area contributed by atoms with Gasteiger partial charge in [-0.05, 0) is 18.1 Å². The third-order valence-corrected chi connectivity index (χ3v) is 3.15. The Kier molecular flexibility index (Phi) is 8.12. The van der Waals surface area contributed by atoms with Crippen LogP contribution in [0.4, 0.5) is 0 Å². The van der Waals surface area contributed by atoms with E-state index in [2.05, 4.69) is 35.0 Å². The van der Waals surface area contributed by atoms with Gasteiger partial charge in [0.05, 0.1) is 0 Å². The number of unbranched alkanes of at least 4 members (excludes halogenated alkanes) is 2. The topological polar surface area (TPSA) is 26.0 Å². The summed E-state index contributed by atoms with van der Waals surface area (Å²) in [6.45, 7) is 2.21. The maximum absolute atomic E-state index is 6.11. The van der Waals surface area contributed by atoms with Crippen LogP contribution >= 0.6 is 28.3 Å². The summed E-state index contributed by atoms with van der Waals surface area (Å²) in [6.07, 6.45) is 4.83. The molecule has 0 saturated heterocycles. The van der Waals surface area contributed by atoms with Gasteiger partial charge in [0.25, 0.3) is 0 Å². The molecule has 0 radical (unpaired) electrons. The van der Waals surface area contributed by atoms with Crippen LogP contribution in [0.15, 0.2) is 28.7 Å². The van der Waals surface area contributed by atoms with Gasteiger partial charge >= 0.3 is 0 Å². The normalized spacial score (nSPS) is 11.9. The molecule has 1 rings (SSSR count). The van der Waals surface area contributed by atoms with Crippen molar-refractivity contribution in [3.8, 4) is 0 Å². The molecule has 1 aromatic rings. The Morgan fingerprint density at radius 3 is 2.53 bits per heavy atom. The summed E-state index contributed by atoms with van der Waals surface area (Å²) in [7, 11) is 0. The standard InChI is InChI=1S/C12H18BrN.ClH/c1-2-3-4-9-12(14)10-7-5-6-8-11(10)13;/h5-8,12H,2-4,9,14H2,1H3;1H/t12-;/m1./s1. The van der Waals surface area contributed by atoms with Crippen LogP contribution in [0.5, 0.6) is 0 Å². The van der Waals surface area contributed by atoms with Gasteiger partial charge in [0, 0.05) is 10.5 Å². The van der Waals surface area contributed by atoms with Crippen molar-refractivity contribution in [1.29, 1.82) is 0 Å². The predicted octanol–water partition coefficient (Wildman–Crippen LogP) is 4.45. The fraction of sp³-hybridized carbons (Fsp3) is 0.500. The summed E-state index contributed by atoms with van der Waals surface area (Å²) >= 11 is 3.53. The monoisotopic (exact) mass is 291 g/mol. The largest absolute Gasteiger partial charge is 0.324 e. The fourth-order valence-corrected chi connectivity index (χ4v) is 2.12. The molecule has 0 aliphatic carbocycles. The first-order chi connectivity index (χ1) is 6.75. The second-order valence-corrected chi connectivity index (χ2v) is 4.48. The predicted molar refractivity (Wildman–Crippen MR) is 72.5 cm³/mol. The van der Waals surface area contributed by atoms with E-state index in [1.165, 1.54) is 24.8 Å². The molecule has 0 spiro atoms. The average molecular weight is 293 g/mol. The summed E-state index contributed by atoms with van der Waals surface area (Å²) in [5, 5.41) is 0. The zero-order valence-electron chi connectivity index (χ0n) is 9.08. The highest BCUT2D eigenvalue weighted by molar-refractivity contribution is 9.10. The average Bonchev–Trinajstić information content (AvgIpc) is 2.18. The molecule has 1 nitrogen and oxygen atoms in total. The third-order valence-electron chi connectivity index (χ3n) is 2.42. The quantitative estimate of drug-likeness (QED) is 0.797. The van der Waals surface area contributed by atoms with Crippen molar-refractivity contribution in [2.75, 3.05) is 0 Å². The summed E-state index contributed by atoms with van der Waals surface area (Å²) < 4.78 is 1.13. The smallest absolute Gasteiger partial charge is 0.0306 e. The number of nitrogens with two attached hydrogens (primary N) is 1. The summed E-state index contributed by atoms with van der Waals surface area (Å²) in [5.74, 6) is 0. The van der Waals surface area contributed by atoms with Crippen molar-refractivity contribution < 1.29 is 0 Å². The van der Waals surface area contributed by atoms with Gasteiger partial charge in [-0.3, -0.25) is 0 Å². The Hall–Kier alpha value is -0.0500. The molecule has 1 aromatic carbocycles. The Labute approximate surface area is 107 Å². The zero-order valence-corrected chi connectivity index (χ0v) is 11.5. The molecule has 0 amide bonds. The molecule has 1 atom stereocenters. The van der Waals surface area contributed by atoms with Crippen molar-refractivity contribution in [3.05, 3.63) is 34.3 Å². The minimum absolute atomic E-state index is 0. The molecule has 0 unspecified atom stereocenters. The molecular weight excluding hydrogens is 273 g/mol. The molecule has 0 fully saturated rings. The number of benzene rings is 1. The molecule has 0 saturated carbocycles. The second kappa shape index (κ2) is 8.14. The van der Waals surface area contributed by atoms with Gasteiger partial charge in [0.1, 0.15) is 0 Å². The highest BCUT2D eigenvalue weighted by atomic mass is 79.9. The molecule has 15 heavy (non-hydrogen) atoms. The maximum atomic E-state index is 6.11. The van der Waals surface area contributed by atoms with Gasteiger partial charge in [-0.1, -0.05) is 60.3 Å². The van der Waals surface area contributed by atoms with Crippen LogP contribution in [0.3, 0.4) is 0 Å². The van der Waals surface area contributed by atoms with Gasteiger partial charge in [0.15, 0.2) is 0 Å². The van der Waals surface area contributed by atoms with Crippen LogP contribution in [0.2, 0.25) is 0 Å². The van der Waals surface area contributed by atoms with Crippen molar-refractivity contribution in [1.82, 2.24) is 0 Å². The molecule has 0 bridgehead atoms. The number of halogens is 2. The molecular formula is C12H19BrClN. The van der Waals surface area contributed by atoms with E-state index in [9.17, 15) is 0 Å². The Balaban J connectivity index is 0.00000196. The van der Waals surface area contributed by atoms with Crippen LogP contribution in [-0.2, 0) is 0 Å². The fourth-order valence-electron chi connectivity index (χ4n) is 1.55. The van der Waals surface area contributed by atoms with Crippen molar-refractivity contribution in [3.63, 3.8) is 0 Å². The molecule has 0 heterocycles. The SMILES string of the molecule is CCCCC[C@@H](N)c1ccccc1Br.Cl. The number of rotatable bonds is 5. The van der Waals surface area contributed by atoms with Crippen LogP contribution in [-0.4, -0.2) is 0 Å². The van der Waals surface area contributed by atoms with E-state index in [1.807, 2.05) is 12.1 Å². The highest BCUT2D eigenvalue weighted by Gasteiger charge is 2.07. The van der Waals surface area contributed by atoms with Crippen LogP contribution < -0.4 is 5.73 Å². The molecule has 2 N–H and O–H groups in total. The zero-order chi connectivity index (χ0) is 10.4. The molecule has 3 heteroatoms. The van der Waals surface area contributed by atoms with E-state index in [1.54, 1.807) is 0 Å². The first-order valence-electron chi connectivity index (χ1n) is 5.25. The van der Waals surface area contributed by atoms with E-state index in [-0.39, 0.29) is 18.4 Å². The van der Waals surface area contributed by atoms with E-state index >= 15 is 0 Å². The number of hydrogen-bond donors (Lipinski definition) is 1. The summed E-state index contributed by atoms with van der Waals surface area (Å²) in [6, 6.07) is 8.39. The Bertz CT molecular complexity index is 278. The van der Waals surface area contributed by atoms with E-state index in [4.69, 9.17) is 5.73 Å². The maximum Gasteiger partial charge on any atom is 0.0306 e.